The van der Waals surface area contributed by atoms with E-state index >= 15 is 0 Å². The molecule has 4 heteroatoms. The third-order valence-electron chi connectivity index (χ3n) is 0. The molecule has 0 atom stereocenters. The topological polar surface area (TPSA) is 75.9 Å². The summed E-state index contributed by atoms with van der Waals surface area (Å²) >= 11 is 0. The van der Waals surface area contributed by atoms with Crippen LogP contribution < -0.4 is 6.15 Å². The van der Waals surface area contributed by atoms with E-state index in [2.05, 4.69) is 0 Å². The van der Waals surface area contributed by atoms with Crippen molar-refractivity contribution in [1.82, 2.24) is 6.15 Å². The van der Waals surface area contributed by atoms with E-state index < -0.39 is 8.10 Å². The number of hydrogen-bond donors (Lipinski definition) is 1. The fourth-order valence-electron chi connectivity index (χ4n) is 0. The number of rotatable bonds is 0. The Morgan fingerprint density at radius 1 is 1.75 bits per heavy atom. The minimum atomic E-state index is -0.833. The van der Waals surface area contributed by atoms with Crippen LogP contribution in [0.2, 0.25) is 0 Å². The minimum absolute atomic E-state index is 0. The van der Waals surface area contributed by atoms with Crippen molar-refractivity contribution in [2.75, 3.05) is 0 Å². The molecular weight excluding hydrogens is 75.0 g/mol. The average molecular weight is 78.0 g/mol. The SMILES string of the molecule is N.N#P=O. The van der Waals surface area contributed by atoms with Crippen LogP contribution in [0.3, 0.4) is 0 Å². The molecule has 0 saturated carbocycles. The first kappa shape index (κ1) is 9.09. The first-order chi connectivity index (χ1) is 1.41. The van der Waals surface area contributed by atoms with Crippen molar-refractivity contribution in [3.05, 3.63) is 0 Å². The Hall–Kier alpha value is -0.100. The molecule has 0 rings (SSSR count). The van der Waals surface area contributed by atoms with Gasteiger partial charge in [0.25, 0.3) is 0 Å². The summed E-state index contributed by atoms with van der Waals surface area (Å²) in [6.07, 6.45) is 0. The zero-order valence-electron chi connectivity index (χ0n) is 2.01. The zero-order valence-corrected chi connectivity index (χ0v) is 2.90. The molecule has 0 saturated heterocycles. The van der Waals surface area contributed by atoms with Gasteiger partial charge in [0.2, 0.25) is 0 Å². The van der Waals surface area contributed by atoms with Crippen molar-refractivity contribution in [3.8, 4) is 0 Å². The van der Waals surface area contributed by atoms with Crippen LogP contribution in [0.15, 0.2) is 0 Å². The van der Waals surface area contributed by atoms with E-state index in [1.807, 2.05) is 0 Å². The van der Waals surface area contributed by atoms with Crippen LogP contribution in [-0.2, 0) is 4.57 Å². The van der Waals surface area contributed by atoms with Gasteiger partial charge in [0.15, 0.2) is 0 Å². The molecule has 0 radical (unpaired) electrons. The molecule has 24 valence electrons. The molecule has 0 spiro atoms. The van der Waals surface area contributed by atoms with Crippen molar-refractivity contribution in [3.63, 3.8) is 0 Å². The molecule has 0 heterocycles. The normalized spacial score (nSPS) is 2.75. The molecular formula is H3N2OP. The van der Waals surface area contributed by atoms with Gasteiger partial charge >= 0.3 is 17.7 Å². The summed E-state index contributed by atoms with van der Waals surface area (Å²) < 4.78 is 8.46. The Bertz CT molecular complexity index is 52.2. The maximum absolute atomic E-state index is 8.46. The molecule has 0 aromatic rings. The van der Waals surface area contributed by atoms with Crippen molar-refractivity contribution >= 4 is 8.10 Å². The summed E-state index contributed by atoms with van der Waals surface area (Å²) in [5, 5.41) is 6.99. The third kappa shape index (κ3) is 154. The zero-order chi connectivity index (χ0) is 2.71. The van der Waals surface area contributed by atoms with Crippen LogP contribution in [0.25, 0.3) is 0 Å². The summed E-state index contributed by atoms with van der Waals surface area (Å²) in [5.41, 5.74) is 0. The Morgan fingerprint density at radius 3 is 1.75 bits per heavy atom. The third-order valence-corrected chi connectivity index (χ3v) is 0. The summed E-state index contributed by atoms with van der Waals surface area (Å²) in [4.78, 5) is 0. The van der Waals surface area contributed by atoms with Gasteiger partial charge in [-0.25, -0.2) is 0 Å². The van der Waals surface area contributed by atoms with Crippen molar-refractivity contribution in [2.24, 2.45) is 0 Å². The Balaban J connectivity index is 0. The van der Waals surface area contributed by atoms with Gasteiger partial charge < -0.3 is 6.15 Å². The van der Waals surface area contributed by atoms with E-state index in [-0.39, 0.29) is 6.15 Å². The van der Waals surface area contributed by atoms with Gasteiger partial charge in [-0.3, -0.25) is 0 Å². The second-order valence-corrected chi connectivity index (χ2v) is 0.245. The van der Waals surface area contributed by atoms with Crippen molar-refractivity contribution in [1.29, 1.82) is 5.00 Å². The summed E-state index contributed by atoms with van der Waals surface area (Å²) in [6, 6.07) is 0. The number of nitrogens with zero attached hydrogens (tertiary/aromatic N) is 1. The van der Waals surface area contributed by atoms with E-state index in [9.17, 15) is 0 Å². The molecule has 3 N–H and O–H groups in total. The molecule has 0 aromatic carbocycles. The second-order valence-electron chi connectivity index (χ2n) is 0.0816. The van der Waals surface area contributed by atoms with Gasteiger partial charge in [-0.2, -0.15) is 0 Å². The van der Waals surface area contributed by atoms with Crippen molar-refractivity contribution in [2.45, 2.75) is 0 Å². The molecule has 0 amide bonds. The van der Waals surface area contributed by atoms with E-state index in [0.29, 0.717) is 0 Å². The maximum atomic E-state index is 8.46. The standard InChI is InChI=1S/NOP.H3N/c1-3-2;/h;1H3. The van der Waals surface area contributed by atoms with Gasteiger partial charge in [0.1, 0.15) is 0 Å². The predicted molar refractivity (Wildman–Crippen MR) is 14.4 cm³/mol. The first-order valence-electron chi connectivity index (χ1n) is 0.383. The molecule has 0 fully saturated rings. The summed E-state index contributed by atoms with van der Waals surface area (Å²) in [6.45, 7) is 0. The van der Waals surface area contributed by atoms with Crippen LogP contribution in [0.1, 0.15) is 0 Å². The van der Waals surface area contributed by atoms with E-state index in [1.165, 1.54) is 0 Å². The molecule has 4 heavy (non-hydrogen) atoms. The Labute approximate surface area is 25.0 Å². The molecule has 0 aliphatic heterocycles. The average Bonchev–Trinajstić information content (AvgIpc) is 0.918. The van der Waals surface area contributed by atoms with Gasteiger partial charge in [-0.05, 0) is 0 Å². The van der Waals surface area contributed by atoms with Gasteiger partial charge in [0.05, 0.1) is 0 Å². The van der Waals surface area contributed by atoms with E-state index in [0.717, 1.165) is 0 Å². The quantitative estimate of drug-likeness (QED) is 0.437. The Kier molecular flexibility index (Phi) is 29.4. The summed E-state index contributed by atoms with van der Waals surface area (Å²) in [7, 11) is -0.833. The molecule has 0 aromatic heterocycles. The fourth-order valence-corrected chi connectivity index (χ4v) is 0. The number of hydrogen-bond acceptors (Lipinski definition) is 3. The molecule has 3 nitrogen and oxygen atoms in total. The van der Waals surface area contributed by atoms with E-state index in [1.54, 1.807) is 0 Å². The Morgan fingerprint density at radius 2 is 1.75 bits per heavy atom. The second kappa shape index (κ2) is 12.9. The van der Waals surface area contributed by atoms with Crippen molar-refractivity contribution < 1.29 is 4.57 Å². The van der Waals surface area contributed by atoms with Crippen LogP contribution in [-0.4, -0.2) is 0 Å². The fraction of sp³-hybridized carbons (Fsp3) is 0. The predicted octanol–water partition coefficient (Wildman–Crippen LogP) is 0.919. The molecule has 0 unspecified atom stereocenters. The van der Waals surface area contributed by atoms with Crippen LogP contribution in [0.5, 0.6) is 0 Å². The van der Waals surface area contributed by atoms with Crippen LogP contribution in [0, 0.1) is 5.00 Å². The van der Waals surface area contributed by atoms with E-state index in [4.69, 9.17) is 9.57 Å². The molecule has 0 bridgehead atoms. The van der Waals surface area contributed by atoms with Gasteiger partial charge in [-0.1, -0.05) is 0 Å². The molecule has 0 aliphatic rings. The van der Waals surface area contributed by atoms with Crippen LogP contribution in [0.4, 0.5) is 0 Å². The van der Waals surface area contributed by atoms with Crippen LogP contribution >= 0.6 is 8.10 Å². The first-order valence-corrected chi connectivity index (χ1v) is 1.15. The monoisotopic (exact) mass is 78.0 g/mol. The van der Waals surface area contributed by atoms with Gasteiger partial charge in [0, 0.05) is 0 Å². The molecule has 0 aliphatic carbocycles. The summed E-state index contributed by atoms with van der Waals surface area (Å²) in [5.74, 6) is 0. The van der Waals surface area contributed by atoms with Gasteiger partial charge in [-0.15, -0.1) is 0 Å².